The fourth-order valence-corrected chi connectivity index (χ4v) is 2.93. The molecule has 2 aromatic carbocycles. The number of aromatic hydroxyl groups is 1. The highest BCUT2D eigenvalue weighted by molar-refractivity contribution is 7.92. The molecular formula is C18H12F2N4O3S. The van der Waals surface area contributed by atoms with Crippen molar-refractivity contribution in [2.24, 2.45) is 0 Å². The van der Waals surface area contributed by atoms with Gasteiger partial charge in [-0.05, 0) is 30.3 Å². The summed E-state index contributed by atoms with van der Waals surface area (Å²) in [7, 11) is 1.35. The van der Waals surface area contributed by atoms with E-state index in [2.05, 4.69) is 10.3 Å². The first-order valence-electron chi connectivity index (χ1n) is 7.74. The second-order valence-corrected chi connectivity index (χ2v) is 5.97. The number of aromatic nitrogens is 2. The van der Waals surface area contributed by atoms with E-state index in [1.807, 2.05) is 6.07 Å². The number of carbonyl (C=O) groups is 1. The lowest BCUT2D eigenvalue weighted by Crippen LogP contribution is -2.16. The lowest BCUT2D eigenvalue weighted by Gasteiger charge is -2.16. The zero-order chi connectivity index (χ0) is 20.3. The standard InChI is InChI=1S/C18H12F2N4O3S/c1-27-14-5-3-11(19)8-12(14)15-10(9-21)2-4-13(25)16(15)17(26)23-18-22-6-7-24(18)28-20/h2-8,25H,1H3,(H,22,23,26). The number of anilines is 1. The Balaban J connectivity index is 2.21. The van der Waals surface area contributed by atoms with E-state index in [0.717, 1.165) is 16.1 Å². The van der Waals surface area contributed by atoms with Gasteiger partial charge in [0.2, 0.25) is 5.95 Å². The smallest absolute Gasteiger partial charge is 0.262 e. The number of rotatable bonds is 5. The Morgan fingerprint density at radius 2 is 2.18 bits per heavy atom. The summed E-state index contributed by atoms with van der Waals surface area (Å²) in [5.74, 6) is -1.88. The van der Waals surface area contributed by atoms with E-state index in [1.165, 1.54) is 37.7 Å². The van der Waals surface area contributed by atoms with E-state index in [-0.39, 0.29) is 46.3 Å². The number of ether oxygens (including phenoxy) is 1. The third-order valence-corrected chi connectivity index (χ3v) is 4.31. The van der Waals surface area contributed by atoms with Crippen LogP contribution in [0.2, 0.25) is 0 Å². The number of hydrogen-bond acceptors (Lipinski definition) is 6. The molecule has 0 saturated heterocycles. The summed E-state index contributed by atoms with van der Waals surface area (Å²) < 4.78 is 32.9. The molecule has 0 aliphatic heterocycles. The van der Waals surface area contributed by atoms with Crippen LogP contribution in [0.1, 0.15) is 15.9 Å². The zero-order valence-corrected chi connectivity index (χ0v) is 15.1. The summed E-state index contributed by atoms with van der Waals surface area (Å²) in [5.41, 5.74) is -0.220. The van der Waals surface area contributed by atoms with Gasteiger partial charge in [-0.2, -0.15) is 5.26 Å². The first-order valence-corrected chi connectivity index (χ1v) is 8.41. The topological polar surface area (TPSA) is 100 Å². The molecule has 0 saturated carbocycles. The molecule has 0 aliphatic carbocycles. The molecule has 1 heterocycles. The Bertz CT molecular complexity index is 1090. The van der Waals surface area contributed by atoms with Crippen LogP contribution < -0.4 is 10.1 Å². The Labute approximate surface area is 162 Å². The summed E-state index contributed by atoms with van der Waals surface area (Å²) in [6.07, 6.45) is 2.55. The lowest BCUT2D eigenvalue weighted by atomic mass is 9.92. The number of hydrogen-bond donors (Lipinski definition) is 2. The molecule has 0 aliphatic rings. The van der Waals surface area contributed by atoms with Crippen LogP contribution >= 0.6 is 12.3 Å². The lowest BCUT2D eigenvalue weighted by molar-refractivity contribution is 0.102. The van der Waals surface area contributed by atoms with E-state index in [9.17, 15) is 23.4 Å². The van der Waals surface area contributed by atoms with Crippen molar-refractivity contribution in [2.45, 2.75) is 0 Å². The molecule has 0 bridgehead atoms. The number of phenols is 1. The number of imidazole rings is 1. The predicted octanol–water partition coefficient (Wildman–Crippen LogP) is 3.91. The highest BCUT2D eigenvalue weighted by Crippen LogP contribution is 2.39. The minimum absolute atomic E-state index is 0.00931. The number of nitriles is 1. The average Bonchev–Trinajstić information content (AvgIpc) is 3.14. The maximum Gasteiger partial charge on any atom is 0.262 e. The summed E-state index contributed by atoms with van der Waals surface area (Å²) >= 11 is -0.185. The van der Waals surface area contributed by atoms with Gasteiger partial charge in [0.25, 0.3) is 5.91 Å². The number of nitrogens with one attached hydrogen (secondary N) is 1. The van der Waals surface area contributed by atoms with Crippen LogP contribution in [0, 0.1) is 17.1 Å². The van der Waals surface area contributed by atoms with Gasteiger partial charge in [0.05, 0.1) is 24.3 Å². The summed E-state index contributed by atoms with van der Waals surface area (Å²) in [5, 5.41) is 22.2. The fourth-order valence-electron chi connectivity index (χ4n) is 2.67. The van der Waals surface area contributed by atoms with E-state index < -0.39 is 17.5 Å². The van der Waals surface area contributed by atoms with Gasteiger partial charge in [-0.1, -0.05) is 0 Å². The summed E-state index contributed by atoms with van der Waals surface area (Å²) in [4.78, 5) is 16.7. The molecule has 1 aromatic heterocycles. The number of carbonyl (C=O) groups excluding carboxylic acids is 1. The van der Waals surface area contributed by atoms with Gasteiger partial charge in [0.15, 0.2) is 12.3 Å². The van der Waals surface area contributed by atoms with Crippen molar-refractivity contribution in [1.29, 1.82) is 5.26 Å². The molecule has 28 heavy (non-hydrogen) atoms. The van der Waals surface area contributed by atoms with E-state index in [4.69, 9.17) is 4.74 Å². The molecule has 2 N–H and O–H groups in total. The quantitative estimate of drug-likeness (QED) is 0.671. The van der Waals surface area contributed by atoms with Crippen LogP contribution in [0.4, 0.5) is 14.2 Å². The predicted molar refractivity (Wildman–Crippen MR) is 99.0 cm³/mol. The van der Waals surface area contributed by atoms with Crippen molar-refractivity contribution in [2.75, 3.05) is 12.4 Å². The number of amides is 1. The second kappa shape index (κ2) is 7.98. The van der Waals surface area contributed by atoms with Crippen molar-refractivity contribution in [3.05, 3.63) is 59.7 Å². The van der Waals surface area contributed by atoms with Gasteiger partial charge in [0.1, 0.15) is 17.3 Å². The molecule has 0 unspecified atom stereocenters. The summed E-state index contributed by atoms with van der Waals surface area (Å²) in [6, 6.07) is 7.96. The Kier molecular flexibility index (Phi) is 5.47. The number of phenolic OH excluding ortho intramolecular Hbond substituents is 1. The molecule has 7 nitrogen and oxygen atoms in total. The van der Waals surface area contributed by atoms with Crippen LogP contribution in [0.5, 0.6) is 11.5 Å². The number of methoxy groups -OCH3 is 1. The van der Waals surface area contributed by atoms with E-state index >= 15 is 0 Å². The number of halogens is 2. The molecule has 1 amide bonds. The molecule has 3 rings (SSSR count). The number of benzene rings is 2. The Hall–Kier alpha value is -3.58. The van der Waals surface area contributed by atoms with Gasteiger partial charge in [-0.3, -0.25) is 10.1 Å². The van der Waals surface area contributed by atoms with Gasteiger partial charge >= 0.3 is 0 Å². The van der Waals surface area contributed by atoms with Gasteiger partial charge < -0.3 is 9.84 Å². The normalized spacial score (nSPS) is 10.4. The fraction of sp³-hybridized carbons (Fsp3) is 0.0556. The van der Waals surface area contributed by atoms with Crippen LogP contribution in [0.25, 0.3) is 11.1 Å². The van der Waals surface area contributed by atoms with Crippen molar-refractivity contribution < 1.29 is 22.9 Å². The highest BCUT2D eigenvalue weighted by atomic mass is 32.2. The molecule has 0 radical (unpaired) electrons. The Morgan fingerprint density at radius 1 is 1.39 bits per heavy atom. The van der Waals surface area contributed by atoms with E-state index in [1.54, 1.807) is 0 Å². The second-order valence-electron chi connectivity index (χ2n) is 5.44. The minimum Gasteiger partial charge on any atom is -0.507 e. The molecule has 10 heteroatoms. The SMILES string of the molecule is COc1ccc(F)cc1-c1c(C#N)ccc(O)c1C(=O)Nc1nccn1SF. The van der Waals surface area contributed by atoms with Crippen LogP contribution in [0.3, 0.4) is 0 Å². The monoisotopic (exact) mass is 402 g/mol. The van der Waals surface area contributed by atoms with Crippen molar-refractivity contribution in [3.8, 4) is 28.7 Å². The molecule has 0 atom stereocenters. The molecule has 3 aromatic rings. The average molecular weight is 402 g/mol. The molecular weight excluding hydrogens is 390 g/mol. The molecule has 142 valence electrons. The summed E-state index contributed by atoms with van der Waals surface area (Å²) in [6.45, 7) is 0. The third kappa shape index (κ3) is 3.47. The molecule has 0 fully saturated rings. The maximum absolute atomic E-state index is 13.9. The maximum atomic E-state index is 13.9. The third-order valence-electron chi connectivity index (χ3n) is 3.87. The zero-order valence-electron chi connectivity index (χ0n) is 14.3. The van der Waals surface area contributed by atoms with Crippen molar-refractivity contribution in [1.82, 2.24) is 8.96 Å². The van der Waals surface area contributed by atoms with E-state index in [0.29, 0.717) is 0 Å². The molecule has 0 spiro atoms. The van der Waals surface area contributed by atoms with Crippen LogP contribution in [0.15, 0.2) is 42.7 Å². The largest absolute Gasteiger partial charge is 0.507 e. The van der Waals surface area contributed by atoms with Crippen molar-refractivity contribution in [3.63, 3.8) is 0 Å². The minimum atomic E-state index is -0.864. The first kappa shape index (κ1) is 19.2. The van der Waals surface area contributed by atoms with Gasteiger partial charge in [-0.25, -0.2) is 13.3 Å². The van der Waals surface area contributed by atoms with Crippen molar-refractivity contribution >= 4 is 24.2 Å². The van der Waals surface area contributed by atoms with Crippen LogP contribution in [-0.2, 0) is 0 Å². The first-order chi connectivity index (χ1) is 13.5. The van der Waals surface area contributed by atoms with Gasteiger partial charge in [-0.15, -0.1) is 3.89 Å². The van der Waals surface area contributed by atoms with Crippen LogP contribution in [-0.4, -0.2) is 27.1 Å². The number of nitrogens with zero attached hydrogens (tertiary/aromatic N) is 3. The Morgan fingerprint density at radius 3 is 2.86 bits per heavy atom. The highest BCUT2D eigenvalue weighted by Gasteiger charge is 2.25. The van der Waals surface area contributed by atoms with Gasteiger partial charge in [0, 0.05) is 23.5 Å².